The second kappa shape index (κ2) is 8.88. The highest BCUT2D eigenvalue weighted by atomic mass is 32.2. The third-order valence-electron chi connectivity index (χ3n) is 3.49. The van der Waals surface area contributed by atoms with Crippen molar-refractivity contribution in [2.45, 2.75) is 31.1 Å². The van der Waals surface area contributed by atoms with Crippen LogP contribution in [0.25, 0.3) is 0 Å². The van der Waals surface area contributed by atoms with Gasteiger partial charge in [0.05, 0.1) is 29.1 Å². The third kappa shape index (κ3) is 5.32. The molecule has 0 aliphatic rings. The summed E-state index contributed by atoms with van der Waals surface area (Å²) < 4.78 is 60.7. The number of anilines is 1. The molecular formula is C14H14B3F2NO6S. The summed E-state index contributed by atoms with van der Waals surface area (Å²) in [5.74, 6) is -1.86. The van der Waals surface area contributed by atoms with Gasteiger partial charge >= 0.3 is 21.3 Å². The lowest BCUT2D eigenvalue weighted by Gasteiger charge is -2.21. The van der Waals surface area contributed by atoms with Crippen molar-refractivity contribution in [3.05, 3.63) is 28.3 Å². The van der Waals surface area contributed by atoms with Gasteiger partial charge in [0.25, 0.3) is 0 Å². The van der Waals surface area contributed by atoms with Crippen molar-refractivity contribution in [2.24, 2.45) is 0 Å². The largest absolute Gasteiger partial charge is 0.454 e. The molecule has 0 bridgehead atoms. The highest BCUT2D eigenvalue weighted by Gasteiger charge is 2.45. The molecule has 0 aliphatic carbocycles. The Morgan fingerprint density at radius 2 is 1.74 bits per heavy atom. The van der Waals surface area contributed by atoms with Crippen LogP contribution in [-0.4, -0.2) is 60.2 Å². The Morgan fingerprint density at radius 1 is 1.19 bits per heavy atom. The van der Waals surface area contributed by atoms with E-state index >= 15 is 0 Å². The number of rotatable bonds is 8. The molecule has 0 aromatic heterocycles. The van der Waals surface area contributed by atoms with Crippen molar-refractivity contribution >= 4 is 51.2 Å². The van der Waals surface area contributed by atoms with Gasteiger partial charge in [-0.05, 0) is 16.7 Å². The van der Waals surface area contributed by atoms with Crippen LogP contribution < -0.4 is 5.32 Å². The fourth-order valence-corrected chi connectivity index (χ4v) is 2.48. The van der Waals surface area contributed by atoms with Gasteiger partial charge in [-0.3, -0.25) is 9.35 Å². The maximum Gasteiger partial charge on any atom is 0.402 e. The van der Waals surface area contributed by atoms with Gasteiger partial charge in [-0.25, -0.2) is 4.79 Å². The molecule has 0 fully saturated rings. The molecule has 0 atom stereocenters. The van der Waals surface area contributed by atoms with E-state index in [1.54, 1.807) is 0 Å². The summed E-state index contributed by atoms with van der Waals surface area (Å²) in [7, 11) is 11.1. The summed E-state index contributed by atoms with van der Waals surface area (Å²) in [6.45, 7) is -0.727. The van der Waals surface area contributed by atoms with Crippen LogP contribution in [0, 0.1) is 0 Å². The first kappa shape index (κ1) is 23.2. The number of halogens is 2. The molecule has 0 heterocycles. The quantitative estimate of drug-likeness (QED) is 0.372. The van der Waals surface area contributed by atoms with Crippen LogP contribution in [0.4, 0.5) is 14.5 Å². The Balaban J connectivity index is 3.44. The number of amides is 1. The Bertz CT molecular complexity index is 848. The summed E-state index contributed by atoms with van der Waals surface area (Å²) in [5, 5.41) is -2.25. The number of benzene rings is 1. The minimum atomic E-state index is -5.78. The van der Waals surface area contributed by atoms with E-state index in [1.165, 1.54) is 13.0 Å². The van der Waals surface area contributed by atoms with E-state index in [4.69, 9.17) is 28.1 Å². The Kier molecular flexibility index (Phi) is 7.61. The molecule has 13 heteroatoms. The molecule has 2 N–H and O–H groups in total. The predicted molar refractivity (Wildman–Crippen MR) is 95.9 cm³/mol. The average Bonchev–Trinajstić information content (AvgIpc) is 2.57. The van der Waals surface area contributed by atoms with Gasteiger partial charge in [-0.2, -0.15) is 17.2 Å². The number of ether oxygens (including phenoxy) is 1. The van der Waals surface area contributed by atoms with E-state index in [0.717, 1.165) is 0 Å². The zero-order valence-electron chi connectivity index (χ0n) is 14.3. The molecule has 6 radical (unpaired) electrons. The highest BCUT2D eigenvalue weighted by Crippen LogP contribution is 2.30. The summed E-state index contributed by atoms with van der Waals surface area (Å²) in [5.41, 5.74) is 0.384. The van der Waals surface area contributed by atoms with Gasteiger partial charge in [-0.15, -0.1) is 0 Å². The van der Waals surface area contributed by atoms with E-state index < -0.39 is 33.9 Å². The molecule has 0 aliphatic heterocycles. The standard InChI is InChI=1S/C14H14B3F2NO6S/c1-7(21)20-12-9(4-16)2-8(3-15)11(10(12)5-17)13(22)26-6-14(18,19)27(23,24)25/h2H,3-6H2,1H3,(H,20,21)(H,23,24,25). The molecule has 0 saturated heterocycles. The van der Waals surface area contributed by atoms with Crippen LogP contribution in [-0.2, 0) is 38.6 Å². The molecule has 1 rings (SSSR count). The fourth-order valence-electron chi connectivity index (χ4n) is 2.28. The van der Waals surface area contributed by atoms with Crippen molar-refractivity contribution in [3.8, 4) is 0 Å². The number of esters is 1. The number of carbonyl (C=O) groups is 2. The molecule has 1 amide bonds. The van der Waals surface area contributed by atoms with E-state index in [0.29, 0.717) is 5.56 Å². The van der Waals surface area contributed by atoms with Crippen LogP contribution in [0.2, 0.25) is 0 Å². The third-order valence-corrected chi connectivity index (χ3v) is 4.36. The summed E-state index contributed by atoms with van der Waals surface area (Å²) in [4.78, 5) is 23.8. The summed E-state index contributed by atoms with van der Waals surface area (Å²) in [6, 6.07) is 1.38. The van der Waals surface area contributed by atoms with E-state index in [1.807, 2.05) is 0 Å². The number of carbonyl (C=O) groups excluding carboxylic acids is 2. The number of hydrogen-bond donors (Lipinski definition) is 2. The number of nitrogens with one attached hydrogen (secondary N) is 1. The SMILES string of the molecule is [B]Cc1cc(C[B])c(C(=O)OCC(F)(F)S(=O)(=O)O)c(C[B])c1NC(C)=O. The Hall–Kier alpha value is -1.88. The fraction of sp³-hybridized carbons (Fsp3) is 0.429. The van der Waals surface area contributed by atoms with Crippen LogP contribution in [0.15, 0.2) is 6.07 Å². The van der Waals surface area contributed by atoms with Crippen molar-refractivity contribution in [2.75, 3.05) is 11.9 Å². The van der Waals surface area contributed by atoms with Gasteiger partial charge in [-0.1, -0.05) is 25.0 Å². The van der Waals surface area contributed by atoms with Gasteiger partial charge in [0.1, 0.15) is 0 Å². The molecule has 27 heavy (non-hydrogen) atoms. The lowest BCUT2D eigenvalue weighted by atomic mass is 9.80. The first-order chi connectivity index (χ1) is 12.4. The van der Waals surface area contributed by atoms with Crippen LogP contribution in [0.5, 0.6) is 0 Å². The molecule has 0 saturated carbocycles. The number of alkyl halides is 2. The van der Waals surface area contributed by atoms with Crippen molar-refractivity contribution in [1.82, 2.24) is 0 Å². The van der Waals surface area contributed by atoms with Crippen molar-refractivity contribution in [1.29, 1.82) is 0 Å². The summed E-state index contributed by atoms with van der Waals surface area (Å²) >= 11 is 0. The average molecular weight is 395 g/mol. The predicted octanol–water partition coefficient (Wildman–Crippen LogP) is 0.288. The van der Waals surface area contributed by atoms with Crippen LogP contribution >= 0.6 is 0 Å². The van der Waals surface area contributed by atoms with Crippen molar-refractivity contribution < 1.29 is 36.1 Å². The van der Waals surface area contributed by atoms with Gasteiger partial charge in [0, 0.05) is 12.6 Å². The van der Waals surface area contributed by atoms with Gasteiger partial charge in [0.2, 0.25) is 5.91 Å². The maximum atomic E-state index is 13.3. The first-order valence-corrected chi connectivity index (χ1v) is 8.91. The van der Waals surface area contributed by atoms with Crippen LogP contribution in [0.1, 0.15) is 34.0 Å². The first-order valence-electron chi connectivity index (χ1n) is 7.47. The highest BCUT2D eigenvalue weighted by molar-refractivity contribution is 7.86. The number of hydrogen-bond acceptors (Lipinski definition) is 5. The molecular weight excluding hydrogens is 381 g/mol. The maximum absolute atomic E-state index is 13.3. The molecule has 0 spiro atoms. The smallest absolute Gasteiger partial charge is 0.402 e. The molecule has 140 valence electrons. The molecule has 7 nitrogen and oxygen atoms in total. The molecule has 0 unspecified atom stereocenters. The zero-order valence-corrected chi connectivity index (χ0v) is 15.1. The van der Waals surface area contributed by atoms with E-state index in [-0.39, 0.29) is 41.3 Å². The van der Waals surface area contributed by atoms with Gasteiger partial charge in [0.15, 0.2) is 6.61 Å². The summed E-state index contributed by atoms with van der Waals surface area (Å²) in [6.07, 6.45) is -0.583. The van der Waals surface area contributed by atoms with Crippen LogP contribution in [0.3, 0.4) is 0 Å². The minimum Gasteiger partial charge on any atom is -0.454 e. The molecule has 1 aromatic carbocycles. The van der Waals surface area contributed by atoms with Crippen molar-refractivity contribution in [3.63, 3.8) is 0 Å². The zero-order chi connectivity index (χ0) is 21.0. The lowest BCUT2D eigenvalue weighted by molar-refractivity contribution is -0.114. The molecule has 1 aromatic rings. The Labute approximate surface area is 159 Å². The van der Waals surface area contributed by atoms with Gasteiger partial charge < -0.3 is 10.1 Å². The second-order valence-electron chi connectivity index (χ2n) is 5.41. The topological polar surface area (TPSA) is 110 Å². The Morgan fingerprint density at radius 3 is 2.15 bits per heavy atom. The second-order valence-corrected chi connectivity index (χ2v) is 6.95. The lowest BCUT2D eigenvalue weighted by Crippen LogP contribution is -2.35. The normalized spacial score (nSPS) is 11.9. The van der Waals surface area contributed by atoms with E-state index in [2.05, 4.69) is 10.1 Å². The van der Waals surface area contributed by atoms with E-state index in [9.17, 15) is 26.8 Å². The monoisotopic (exact) mass is 395 g/mol. The minimum absolute atomic E-state index is 0.0359.